The summed E-state index contributed by atoms with van der Waals surface area (Å²) in [6, 6.07) is 0. The van der Waals surface area contributed by atoms with Gasteiger partial charge in [-0.25, -0.2) is 0 Å². The van der Waals surface area contributed by atoms with Crippen LogP contribution in [-0.2, 0) is 4.57 Å². The molecule has 0 rings (SSSR count). The lowest BCUT2D eigenvalue weighted by Gasteiger charge is -2.04. The highest BCUT2D eigenvalue weighted by atomic mass is 35.5. The zero-order valence-electron chi connectivity index (χ0n) is 7.12. The summed E-state index contributed by atoms with van der Waals surface area (Å²) in [5.74, 6) is 0.897. The molecule has 0 fully saturated rings. The SMILES string of the molecule is O=P(O)(O)CC=C(CCCl)CCCl. The van der Waals surface area contributed by atoms with Crippen molar-refractivity contribution in [1.82, 2.24) is 0 Å². The van der Waals surface area contributed by atoms with Gasteiger partial charge < -0.3 is 9.79 Å². The molecule has 0 spiro atoms. The molecule has 0 aliphatic heterocycles. The molecule has 0 heterocycles. The van der Waals surface area contributed by atoms with Crippen LogP contribution in [0.4, 0.5) is 0 Å². The van der Waals surface area contributed by atoms with E-state index in [9.17, 15) is 4.57 Å². The highest BCUT2D eigenvalue weighted by Crippen LogP contribution is 2.34. The molecule has 3 nitrogen and oxygen atoms in total. The van der Waals surface area contributed by atoms with E-state index in [1.54, 1.807) is 0 Å². The van der Waals surface area contributed by atoms with Gasteiger partial charge in [0.15, 0.2) is 0 Å². The average molecular weight is 247 g/mol. The Kier molecular flexibility index (Phi) is 7.10. The van der Waals surface area contributed by atoms with Crippen LogP contribution in [0.5, 0.6) is 0 Å². The Labute approximate surface area is 87.9 Å². The lowest BCUT2D eigenvalue weighted by molar-refractivity contribution is 0.377. The quantitative estimate of drug-likeness (QED) is 0.430. The van der Waals surface area contributed by atoms with Gasteiger partial charge in [-0.1, -0.05) is 11.6 Å². The van der Waals surface area contributed by atoms with E-state index in [1.165, 1.54) is 6.08 Å². The highest BCUT2D eigenvalue weighted by Gasteiger charge is 2.10. The second-order valence-electron chi connectivity index (χ2n) is 2.59. The summed E-state index contributed by atoms with van der Waals surface area (Å²) in [7, 11) is -3.93. The van der Waals surface area contributed by atoms with Crippen LogP contribution < -0.4 is 0 Å². The van der Waals surface area contributed by atoms with Gasteiger partial charge in [-0.3, -0.25) is 4.57 Å². The summed E-state index contributed by atoms with van der Waals surface area (Å²) >= 11 is 11.0. The fraction of sp³-hybridized carbons (Fsp3) is 0.714. The molecule has 0 aliphatic rings. The maximum atomic E-state index is 10.5. The minimum absolute atomic E-state index is 0.226. The van der Waals surface area contributed by atoms with E-state index in [2.05, 4.69) is 0 Å². The average Bonchev–Trinajstić information content (AvgIpc) is 2.00. The van der Waals surface area contributed by atoms with Crippen molar-refractivity contribution in [3.63, 3.8) is 0 Å². The smallest absolute Gasteiger partial charge is 0.324 e. The number of allylic oxidation sites excluding steroid dienone is 2. The van der Waals surface area contributed by atoms with Gasteiger partial charge in [0.2, 0.25) is 0 Å². The van der Waals surface area contributed by atoms with Crippen LogP contribution in [-0.4, -0.2) is 27.7 Å². The topological polar surface area (TPSA) is 57.5 Å². The second-order valence-corrected chi connectivity index (χ2v) is 5.04. The van der Waals surface area contributed by atoms with Crippen LogP contribution in [0.1, 0.15) is 12.8 Å². The summed E-state index contributed by atoms with van der Waals surface area (Å²) in [6.45, 7) is 0. The fourth-order valence-electron chi connectivity index (χ4n) is 0.820. The second kappa shape index (κ2) is 6.86. The third-order valence-electron chi connectivity index (χ3n) is 1.45. The van der Waals surface area contributed by atoms with Crippen molar-refractivity contribution in [2.75, 3.05) is 17.9 Å². The molecule has 0 aromatic rings. The first-order valence-corrected chi connectivity index (χ1v) is 6.70. The van der Waals surface area contributed by atoms with Crippen molar-refractivity contribution >= 4 is 30.8 Å². The largest absolute Gasteiger partial charge is 0.329 e. The Hall–Kier alpha value is 0.470. The number of hydrogen-bond acceptors (Lipinski definition) is 1. The first-order chi connectivity index (χ1) is 5.99. The molecule has 2 N–H and O–H groups in total. The van der Waals surface area contributed by atoms with Crippen LogP contribution in [0.2, 0.25) is 0 Å². The van der Waals surface area contributed by atoms with Crippen molar-refractivity contribution < 1.29 is 14.4 Å². The minimum atomic E-state index is -3.93. The van der Waals surface area contributed by atoms with Crippen LogP contribution in [0.25, 0.3) is 0 Å². The lowest BCUT2D eigenvalue weighted by atomic mass is 10.1. The van der Waals surface area contributed by atoms with Crippen LogP contribution in [0, 0.1) is 0 Å². The van der Waals surface area contributed by atoms with Crippen LogP contribution in [0.15, 0.2) is 11.6 Å². The summed E-state index contributed by atoms with van der Waals surface area (Å²) in [4.78, 5) is 17.2. The standard InChI is InChI=1S/C7H13Cl2O3P/c8-4-1-7(2-5-9)3-6-13(10,11)12/h3H,1-2,4-6H2,(H2,10,11,12). The van der Waals surface area contributed by atoms with Crippen LogP contribution in [0.3, 0.4) is 0 Å². The number of alkyl halides is 2. The van der Waals surface area contributed by atoms with Gasteiger partial charge in [0.05, 0.1) is 6.16 Å². The van der Waals surface area contributed by atoms with Gasteiger partial charge >= 0.3 is 7.60 Å². The molecule has 0 amide bonds. The molecule has 0 saturated heterocycles. The molecule has 6 heteroatoms. The van der Waals surface area contributed by atoms with Gasteiger partial charge in [0.1, 0.15) is 0 Å². The minimum Gasteiger partial charge on any atom is -0.324 e. The molecule has 78 valence electrons. The Balaban J connectivity index is 4.10. The van der Waals surface area contributed by atoms with Gasteiger partial charge in [0, 0.05) is 11.8 Å². The Morgan fingerprint density at radius 2 is 1.69 bits per heavy atom. The third kappa shape index (κ3) is 8.79. The Bertz CT molecular complexity index is 204. The van der Waals surface area contributed by atoms with Gasteiger partial charge in [-0.2, -0.15) is 0 Å². The zero-order chi connectivity index (χ0) is 10.3. The molecule has 0 aromatic heterocycles. The van der Waals surface area contributed by atoms with Crippen molar-refractivity contribution in [2.24, 2.45) is 0 Å². The van der Waals surface area contributed by atoms with E-state index in [-0.39, 0.29) is 6.16 Å². The predicted molar refractivity (Wildman–Crippen MR) is 55.7 cm³/mol. The predicted octanol–water partition coefficient (Wildman–Crippen LogP) is 2.35. The molecule has 13 heavy (non-hydrogen) atoms. The number of halogens is 2. The molecular weight excluding hydrogens is 234 g/mol. The Morgan fingerprint density at radius 1 is 1.23 bits per heavy atom. The maximum absolute atomic E-state index is 10.5. The lowest BCUT2D eigenvalue weighted by Crippen LogP contribution is -1.91. The first-order valence-electron chi connectivity index (χ1n) is 3.84. The molecular formula is C7H13Cl2O3P. The normalized spacial score (nSPS) is 11.4. The van der Waals surface area contributed by atoms with Crippen LogP contribution >= 0.6 is 30.8 Å². The van der Waals surface area contributed by atoms with Gasteiger partial charge in [-0.05, 0) is 12.8 Å². The summed E-state index contributed by atoms with van der Waals surface area (Å²) in [6.07, 6.45) is 2.57. The highest BCUT2D eigenvalue weighted by molar-refractivity contribution is 7.51. The van der Waals surface area contributed by atoms with E-state index in [0.717, 1.165) is 5.57 Å². The van der Waals surface area contributed by atoms with Crippen molar-refractivity contribution in [3.8, 4) is 0 Å². The monoisotopic (exact) mass is 246 g/mol. The Morgan fingerprint density at radius 3 is 2.00 bits per heavy atom. The van der Waals surface area contributed by atoms with E-state index in [0.29, 0.717) is 24.6 Å². The zero-order valence-corrected chi connectivity index (χ0v) is 9.52. The van der Waals surface area contributed by atoms with Crippen molar-refractivity contribution in [1.29, 1.82) is 0 Å². The van der Waals surface area contributed by atoms with Crippen molar-refractivity contribution in [2.45, 2.75) is 12.8 Å². The van der Waals surface area contributed by atoms with Crippen molar-refractivity contribution in [3.05, 3.63) is 11.6 Å². The molecule has 0 radical (unpaired) electrons. The fourth-order valence-corrected chi connectivity index (χ4v) is 1.80. The molecule has 0 unspecified atom stereocenters. The molecule has 0 saturated carbocycles. The summed E-state index contributed by atoms with van der Waals surface area (Å²) in [5.41, 5.74) is 0.910. The number of rotatable bonds is 6. The molecule has 0 atom stereocenters. The first kappa shape index (κ1) is 13.5. The maximum Gasteiger partial charge on any atom is 0.329 e. The van der Waals surface area contributed by atoms with Gasteiger partial charge in [-0.15, -0.1) is 23.2 Å². The summed E-state index contributed by atoms with van der Waals surface area (Å²) in [5, 5.41) is 0. The van der Waals surface area contributed by atoms with Gasteiger partial charge in [0.25, 0.3) is 0 Å². The molecule has 0 aromatic carbocycles. The summed E-state index contributed by atoms with van der Waals surface area (Å²) < 4.78 is 10.5. The third-order valence-corrected chi connectivity index (χ3v) is 2.49. The van der Waals surface area contributed by atoms with E-state index >= 15 is 0 Å². The van der Waals surface area contributed by atoms with E-state index in [1.807, 2.05) is 0 Å². The number of hydrogen-bond donors (Lipinski definition) is 2. The van der Waals surface area contributed by atoms with E-state index in [4.69, 9.17) is 33.0 Å². The molecule has 0 aliphatic carbocycles. The molecule has 0 bridgehead atoms. The van der Waals surface area contributed by atoms with E-state index < -0.39 is 7.60 Å².